The van der Waals surface area contributed by atoms with Crippen molar-refractivity contribution < 1.29 is 0 Å². The monoisotopic (exact) mass is 569 g/mol. The lowest BCUT2D eigenvalue weighted by Crippen LogP contribution is -2.08. The number of hydrogen-bond acceptors (Lipinski definition) is 2. The summed E-state index contributed by atoms with van der Waals surface area (Å²) in [5.74, 6) is 0. The van der Waals surface area contributed by atoms with E-state index in [2.05, 4.69) is 139 Å². The summed E-state index contributed by atoms with van der Waals surface area (Å²) in [4.78, 5) is 0. The second-order valence-electron chi connectivity index (χ2n) is 11.3. The van der Waals surface area contributed by atoms with Gasteiger partial charge in [-0.25, -0.2) is 0 Å². The highest BCUT2D eigenvalue weighted by Crippen LogP contribution is 2.40. The maximum atomic E-state index is 6.17. The van der Waals surface area contributed by atoms with Crippen LogP contribution in [0.4, 0.5) is 0 Å². The summed E-state index contributed by atoms with van der Waals surface area (Å²) in [6, 6.07) is 33.3. The molecule has 0 radical (unpaired) electrons. The molecule has 6 aromatic rings. The molecule has 2 heterocycles. The third-order valence-corrected chi connectivity index (χ3v) is 8.63. The van der Waals surface area contributed by atoms with Gasteiger partial charge in [0.1, 0.15) is 0 Å². The fourth-order valence-corrected chi connectivity index (χ4v) is 6.39. The maximum Gasteiger partial charge on any atom is 0.0619 e. The van der Waals surface area contributed by atoms with Crippen LogP contribution in [0.15, 0.2) is 152 Å². The molecule has 0 saturated heterocycles. The fraction of sp³-hybridized carbons (Fsp3) is 0.0732. The zero-order valence-corrected chi connectivity index (χ0v) is 25.1. The quantitative estimate of drug-likeness (QED) is 0.196. The lowest BCUT2D eigenvalue weighted by molar-refractivity contribution is 0.976. The predicted octanol–water partition coefficient (Wildman–Crippen LogP) is 9.97. The minimum Gasteiger partial charge on any atom is -0.404 e. The topological polar surface area (TPSA) is 43.0 Å². The van der Waals surface area contributed by atoms with E-state index in [0.29, 0.717) is 0 Å². The van der Waals surface area contributed by atoms with Crippen LogP contribution in [0.2, 0.25) is 0 Å². The number of benzene rings is 5. The van der Waals surface area contributed by atoms with Gasteiger partial charge in [0.25, 0.3) is 0 Å². The fourth-order valence-electron chi connectivity index (χ4n) is 6.39. The molecule has 3 N–H and O–H groups in total. The van der Waals surface area contributed by atoms with Crippen LogP contribution in [0, 0.1) is 0 Å². The molecular weight excluding hydrogens is 534 g/mol. The SMILES string of the molecule is C=C(/C=C\C)/C(C)=C/C(=C\N)c1ccc2c(ccc3c4ccc(C5=CNCC=C5)cc4n(-c4cccc5ccccc45)c23)c1. The average molecular weight is 570 g/mol. The molecule has 0 aliphatic carbocycles. The molecule has 3 nitrogen and oxygen atoms in total. The molecule has 0 unspecified atom stereocenters. The Labute approximate surface area is 258 Å². The van der Waals surface area contributed by atoms with Crippen LogP contribution < -0.4 is 11.1 Å². The molecule has 44 heavy (non-hydrogen) atoms. The summed E-state index contributed by atoms with van der Waals surface area (Å²) in [7, 11) is 0. The summed E-state index contributed by atoms with van der Waals surface area (Å²) >= 11 is 0. The normalized spacial score (nSPS) is 14.2. The van der Waals surface area contributed by atoms with Crippen molar-refractivity contribution in [1.29, 1.82) is 0 Å². The van der Waals surface area contributed by atoms with Crippen molar-refractivity contribution in [1.82, 2.24) is 9.88 Å². The van der Waals surface area contributed by atoms with Crippen molar-refractivity contribution in [3.63, 3.8) is 0 Å². The molecule has 0 atom stereocenters. The van der Waals surface area contributed by atoms with Crippen molar-refractivity contribution in [3.8, 4) is 5.69 Å². The zero-order valence-electron chi connectivity index (χ0n) is 25.1. The van der Waals surface area contributed by atoms with E-state index in [4.69, 9.17) is 5.73 Å². The van der Waals surface area contributed by atoms with Gasteiger partial charge in [-0.3, -0.25) is 0 Å². The van der Waals surface area contributed by atoms with E-state index in [1.165, 1.54) is 60.2 Å². The van der Waals surface area contributed by atoms with Gasteiger partial charge in [-0.05, 0) is 82.3 Å². The molecule has 214 valence electrons. The number of dihydropyridines is 1. The van der Waals surface area contributed by atoms with Crippen LogP contribution >= 0.6 is 0 Å². The Hall–Kier alpha value is -5.54. The number of nitrogens with zero attached hydrogens (tertiary/aromatic N) is 1. The van der Waals surface area contributed by atoms with Gasteiger partial charge >= 0.3 is 0 Å². The highest BCUT2D eigenvalue weighted by Gasteiger charge is 2.18. The molecule has 3 heteroatoms. The lowest BCUT2D eigenvalue weighted by atomic mass is 9.97. The number of nitrogens with two attached hydrogens (primary N) is 1. The first-order valence-electron chi connectivity index (χ1n) is 15.1. The number of fused-ring (bicyclic) bond motifs is 6. The first-order chi connectivity index (χ1) is 21.6. The molecule has 1 aliphatic rings. The number of allylic oxidation sites excluding steroid dienone is 8. The summed E-state index contributed by atoms with van der Waals surface area (Å²) in [6.07, 6.45) is 14.3. The Balaban J connectivity index is 1.51. The van der Waals surface area contributed by atoms with Crippen LogP contribution in [0.1, 0.15) is 25.0 Å². The number of nitrogens with one attached hydrogen (secondary N) is 1. The van der Waals surface area contributed by atoms with Gasteiger partial charge in [-0.2, -0.15) is 0 Å². The van der Waals surface area contributed by atoms with Crippen molar-refractivity contribution in [2.24, 2.45) is 5.73 Å². The van der Waals surface area contributed by atoms with E-state index in [1.54, 1.807) is 6.20 Å². The van der Waals surface area contributed by atoms with Crippen LogP contribution in [0.25, 0.3) is 60.2 Å². The van der Waals surface area contributed by atoms with Crippen molar-refractivity contribution in [2.45, 2.75) is 13.8 Å². The van der Waals surface area contributed by atoms with Gasteiger partial charge in [0.05, 0.1) is 16.7 Å². The second kappa shape index (κ2) is 11.3. The molecule has 1 aromatic heterocycles. The summed E-state index contributed by atoms with van der Waals surface area (Å²) < 4.78 is 2.46. The van der Waals surface area contributed by atoms with Crippen LogP contribution in [0.3, 0.4) is 0 Å². The van der Waals surface area contributed by atoms with Gasteiger partial charge in [-0.1, -0.05) is 104 Å². The molecule has 0 bridgehead atoms. The van der Waals surface area contributed by atoms with Gasteiger partial charge < -0.3 is 15.6 Å². The molecule has 0 spiro atoms. The Morgan fingerprint density at radius 3 is 2.50 bits per heavy atom. The first kappa shape index (κ1) is 27.3. The second-order valence-corrected chi connectivity index (χ2v) is 11.3. The van der Waals surface area contributed by atoms with Crippen molar-refractivity contribution in [2.75, 3.05) is 6.54 Å². The van der Waals surface area contributed by atoms with Crippen molar-refractivity contribution in [3.05, 3.63) is 163 Å². The van der Waals surface area contributed by atoms with Crippen LogP contribution in [-0.2, 0) is 0 Å². The van der Waals surface area contributed by atoms with E-state index in [9.17, 15) is 0 Å². The maximum absolute atomic E-state index is 6.17. The average Bonchev–Trinajstić information content (AvgIpc) is 3.41. The highest BCUT2D eigenvalue weighted by atomic mass is 15.0. The van der Waals surface area contributed by atoms with Crippen LogP contribution in [-0.4, -0.2) is 11.1 Å². The van der Waals surface area contributed by atoms with E-state index >= 15 is 0 Å². The van der Waals surface area contributed by atoms with E-state index in [-0.39, 0.29) is 0 Å². The Morgan fingerprint density at radius 1 is 0.864 bits per heavy atom. The Kier molecular flexibility index (Phi) is 7.00. The van der Waals surface area contributed by atoms with Crippen molar-refractivity contribution >= 4 is 54.5 Å². The van der Waals surface area contributed by atoms with E-state index < -0.39 is 0 Å². The largest absolute Gasteiger partial charge is 0.404 e. The first-order valence-corrected chi connectivity index (χ1v) is 15.1. The molecule has 0 amide bonds. The van der Waals surface area contributed by atoms with E-state index in [1.807, 2.05) is 19.1 Å². The molecule has 0 saturated carbocycles. The van der Waals surface area contributed by atoms with Gasteiger partial charge in [0, 0.05) is 40.5 Å². The number of hydrogen-bond donors (Lipinski definition) is 2. The van der Waals surface area contributed by atoms with Gasteiger partial charge in [-0.15, -0.1) is 0 Å². The highest BCUT2D eigenvalue weighted by molar-refractivity contribution is 6.20. The Bertz CT molecular complexity index is 2260. The van der Waals surface area contributed by atoms with Gasteiger partial charge in [0.15, 0.2) is 0 Å². The summed E-state index contributed by atoms with van der Waals surface area (Å²) in [5.41, 5.74) is 16.2. The molecule has 0 fully saturated rings. The predicted molar refractivity (Wildman–Crippen MR) is 191 cm³/mol. The molecule has 7 rings (SSSR count). The van der Waals surface area contributed by atoms with Gasteiger partial charge in [0.2, 0.25) is 0 Å². The molecular formula is C41H35N3. The Morgan fingerprint density at radius 2 is 1.68 bits per heavy atom. The third-order valence-electron chi connectivity index (χ3n) is 8.63. The summed E-state index contributed by atoms with van der Waals surface area (Å²) in [5, 5.41) is 10.6. The number of rotatable bonds is 6. The standard InChI is InChI=1S/C41H35N3/c1-4-9-27(2)28(3)22-34(25-42)30-15-18-36-32(23-30)17-20-38-37-19-16-31(33-12-8-21-43-26-33)24-40(37)44(41(36)38)39-14-7-11-29-10-5-6-13-35(29)39/h4-20,22-26,43H,2,21,42H2,1,3H3/b9-4-,28-22+,34-25+. The summed E-state index contributed by atoms with van der Waals surface area (Å²) in [6.45, 7) is 9.12. The van der Waals surface area contributed by atoms with Crippen LogP contribution in [0.5, 0.6) is 0 Å². The third kappa shape index (κ3) is 4.63. The van der Waals surface area contributed by atoms with E-state index in [0.717, 1.165) is 28.8 Å². The minimum absolute atomic E-state index is 0.858. The smallest absolute Gasteiger partial charge is 0.0619 e. The number of aromatic nitrogens is 1. The minimum atomic E-state index is 0.858. The molecule has 1 aliphatic heterocycles. The molecule has 5 aromatic carbocycles. The zero-order chi connectivity index (χ0) is 30.2. The lowest BCUT2D eigenvalue weighted by Gasteiger charge is -2.14.